The highest BCUT2D eigenvalue weighted by Crippen LogP contribution is 2.23. The van der Waals surface area contributed by atoms with Crippen molar-refractivity contribution in [2.24, 2.45) is 5.92 Å². The number of hydrogen-bond acceptors (Lipinski definition) is 4. The number of aromatic nitrogens is 1. The number of hydrogen-bond donors (Lipinski definition) is 0. The minimum absolute atomic E-state index is 0.00862. The number of halogens is 1. The van der Waals surface area contributed by atoms with Crippen LogP contribution in [0, 0.1) is 23.1 Å². The van der Waals surface area contributed by atoms with Crippen LogP contribution in [0.1, 0.15) is 30.7 Å². The first-order valence-corrected chi connectivity index (χ1v) is 8.66. The van der Waals surface area contributed by atoms with Crippen LogP contribution in [0.25, 0.3) is 11.3 Å². The Balaban J connectivity index is 0.000000244. The summed E-state index contributed by atoms with van der Waals surface area (Å²) in [7, 11) is 0. The predicted octanol–water partition coefficient (Wildman–Crippen LogP) is 4.98. The maximum Gasteiger partial charge on any atom is 0.167 e. The van der Waals surface area contributed by atoms with E-state index >= 15 is 0 Å². The van der Waals surface area contributed by atoms with Gasteiger partial charge in [0, 0.05) is 18.1 Å². The van der Waals surface area contributed by atoms with Crippen molar-refractivity contribution in [2.45, 2.75) is 26.7 Å². The standard InChI is InChI=1S/C14H13FN2O.C8H8O/c1-9(2)5-12-7-14(18-17-12)10-3-4-13(15)11(6-10)8-16;9-7-6-8-4-2-1-3-5-8/h3-4,6-7,9H,5H2,1-2H3;1-5,7H,6H2. The third-order valence-corrected chi connectivity index (χ3v) is 3.71. The molecule has 2 aromatic carbocycles. The van der Waals surface area contributed by atoms with Gasteiger partial charge in [0.15, 0.2) is 5.76 Å². The second-order valence-corrected chi connectivity index (χ2v) is 6.44. The van der Waals surface area contributed by atoms with Gasteiger partial charge in [0.1, 0.15) is 18.2 Å². The highest BCUT2D eigenvalue weighted by atomic mass is 19.1. The molecule has 0 spiro atoms. The van der Waals surface area contributed by atoms with Gasteiger partial charge < -0.3 is 9.32 Å². The number of aldehydes is 1. The summed E-state index contributed by atoms with van der Waals surface area (Å²) in [6.45, 7) is 4.19. The molecule has 0 N–H and O–H groups in total. The van der Waals surface area contributed by atoms with Crippen molar-refractivity contribution in [2.75, 3.05) is 0 Å². The first-order chi connectivity index (χ1) is 13.0. The number of nitrogens with zero attached hydrogens (tertiary/aromatic N) is 2. The van der Waals surface area contributed by atoms with Gasteiger partial charge in [0.2, 0.25) is 0 Å². The van der Waals surface area contributed by atoms with Crippen LogP contribution in [0.5, 0.6) is 0 Å². The Labute approximate surface area is 158 Å². The van der Waals surface area contributed by atoms with Gasteiger partial charge in [-0.25, -0.2) is 4.39 Å². The van der Waals surface area contributed by atoms with Crippen molar-refractivity contribution < 1.29 is 13.7 Å². The Hall–Kier alpha value is -3.26. The molecule has 0 unspecified atom stereocenters. The fourth-order valence-electron chi connectivity index (χ4n) is 2.44. The maximum absolute atomic E-state index is 13.2. The van der Waals surface area contributed by atoms with E-state index in [0.29, 0.717) is 23.7 Å². The SMILES string of the molecule is CC(C)Cc1cc(-c2ccc(F)c(C#N)c2)on1.O=CCc1ccccc1. The lowest BCUT2D eigenvalue weighted by Gasteiger charge is -1.98. The smallest absolute Gasteiger partial charge is 0.167 e. The van der Waals surface area contributed by atoms with Crippen LogP contribution in [0.4, 0.5) is 4.39 Å². The molecule has 0 aliphatic rings. The summed E-state index contributed by atoms with van der Waals surface area (Å²) < 4.78 is 18.4. The number of rotatable bonds is 5. The minimum Gasteiger partial charge on any atom is -0.356 e. The van der Waals surface area contributed by atoms with E-state index in [1.165, 1.54) is 12.1 Å². The Bertz CT molecular complexity index is 912. The van der Waals surface area contributed by atoms with E-state index in [-0.39, 0.29) is 5.56 Å². The van der Waals surface area contributed by atoms with Crippen LogP contribution < -0.4 is 0 Å². The van der Waals surface area contributed by atoms with Gasteiger partial charge in [-0.2, -0.15) is 5.26 Å². The Morgan fingerprint density at radius 3 is 2.56 bits per heavy atom. The Kier molecular flexibility index (Phi) is 7.45. The van der Waals surface area contributed by atoms with Crippen molar-refractivity contribution in [1.29, 1.82) is 5.26 Å². The molecule has 3 aromatic rings. The summed E-state index contributed by atoms with van der Waals surface area (Å²) in [6, 6.07) is 17.6. The van der Waals surface area contributed by atoms with Crippen LogP contribution in [0.3, 0.4) is 0 Å². The molecule has 0 bridgehead atoms. The average Bonchev–Trinajstić information content (AvgIpc) is 3.11. The zero-order valence-corrected chi connectivity index (χ0v) is 15.4. The Morgan fingerprint density at radius 2 is 1.93 bits per heavy atom. The fraction of sp³-hybridized carbons (Fsp3) is 0.227. The van der Waals surface area contributed by atoms with Gasteiger partial charge in [0.25, 0.3) is 0 Å². The Morgan fingerprint density at radius 1 is 1.19 bits per heavy atom. The normalized spacial score (nSPS) is 10.0. The molecule has 3 rings (SSSR count). The van der Waals surface area contributed by atoms with E-state index in [1.54, 1.807) is 6.07 Å². The summed E-state index contributed by atoms with van der Waals surface area (Å²) in [5.74, 6) is 0.524. The molecule has 1 aromatic heterocycles. The van der Waals surface area contributed by atoms with E-state index < -0.39 is 5.82 Å². The lowest BCUT2D eigenvalue weighted by molar-refractivity contribution is -0.107. The molecule has 0 atom stereocenters. The van der Waals surface area contributed by atoms with Crippen LogP contribution >= 0.6 is 0 Å². The number of carbonyl (C=O) groups is 1. The van der Waals surface area contributed by atoms with Gasteiger partial charge in [0.05, 0.1) is 11.3 Å². The van der Waals surface area contributed by atoms with Crippen molar-refractivity contribution in [3.8, 4) is 17.4 Å². The third-order valence-electron chi connectivity index (χ3n) is 3.71. The van der Waals surface area contributed by atoms with Crippen molar-refractivity contribution in [1.82, 2.24) is 5.16 Å². The molecule has 0 aliphatic carbocycles. The van der Waals surface area contributed by atoms with Crippen LogP contribution in [0.15, 0.2) is 59.1 Å². The molecule has 138 valence electrons. The first kappa shape index (κ1) is 20.1. The second kappa shape index (κ2) is 10.0. The number of benzene rings is 2. The molecule has 0 saturated carbocycles. The lowest BCUT2D eigenvalue weighted by atomic mass is 10.1. The molecule has 5 heteroatoms. The maximum atomic E-state index is 13.2. The van der Waals surface area contributed by atoms with E-state index in [0.717, 1.165) is 24.0 Å². The van der Waals surface area contributed by atoms with Crippen molar-refractivity contribution in [3.63, 3.8) is 0 Å². The topological polar surface area (TPSA) is 66.9 Å². The van der Waals surface area contributed by atoms with E-state index in [2.05, 4.69) is 19.0 Å². The lowest BCUT2D eigenvalue weighted by Crippen LogP contribution is -1.92. The van der Waals surface area contributed by atoms with E-state index in [9.17, 15) is 9.18 Å². The van der Waals surface area contributed by atoms with Gasteiger partial charge in [-0.05, 0) is 36.1 Å². The summed E-state index contributed by atoms with van der Waals surface area (Å²) in [6.07, 6.45) is 2.27. The van der Waals surface area contributed by atoms with Crippen molar-refractivity contribution >= 4 is 6.29 Å². The van der Waals surface area contributed by atoms with Crippen molar-refractivity contribution in [3.05, 3.63) is 77.2 Å². The minimum atomic E-state index is -0.525. The van der Waals surface area contributed by atoms with Crippen LogP contribution in [0.2, 0.25) is 0 Å². The highest BCUT2D eigenvalue weighted by Gasteiger charge is 2.10. The van der Waals surface area contributed by atoms with Gasteiger partial charge >= 0.3 is 0 Å². The highest BCUT2D eigenvalue weighted by molar-refractivity contribution is 5.60. The molecule has 0 saturated heterocycles. The molecule has 0 fully saturated rings. The molecular formula is C22H21FN2O2. The second-order valence-electron chi connectivity index (χ2n) is 6.44. The van der Waals surface area contributed by atoms with Crippen LogP contribution in [-0.4, -0.2) is 11.4 Å². The summed E-state index contributed by atoms with van der Waals surface area (Å²) >= 11 is 0. The average molecular weight is 364 g/mol. The zero-order valence-electron chi connectivity index (χ0n) is 15.4. The molecule has 4 nitrogen and oxygen atoms in total. The van der Waals surface area contributed by atoms with Gasteiger partial charge in [-0.3, -0.25) is 0 Å². The fourth-order valence-corrected chi connectivity index (χ4v) is 2.44. The van der Waals surface area contributed by atoms with E-state index in [1.807, 2.05) is 42.5 Å². The molecule has 0 aliphatic heterocycles. The monoisotopic (exact) mass is 364 g/mol. The van der Waals surface area contributed by atoms with Gasteiger partial charge in [-0.15, -0.1) is 0 Å². The summed E-state index contributed by atoms with van der Waals surface area (Å²) in [5.41, 5.74) is 2.61. The quantitative estimate of drug-likeness (QED) is 0.599. The number of carbonyl (C=O) groups excluding carboxylic acids is 1. The van der Waals surface area contributed by atoms with Gasteiger partial charge in [-0.1, -0.05) is 49.3 Å². The summed E-state index contributed by atoms with van der Waals surface area (Å²) in [5, 5.41) is 12.7. The molecule has 0 amide bonds. The molecular weight excluding hydrogens is 343 g/mol. The largest absolute Gasteiger partial charge is 0.356 e. The van der Waals surface area contributed by atoms with E-state index in [4.69, 9.17) is 9.78 Å². The zero-order chi connectivity index (χ0) is 19.6. The van der Waals surface area contributed by atoms with Crippen LogP contribution in [-0.2, 0) is 17.6 Å². The molecule has 1 heterocycles. The third kappa shape index (κ3) is 6.19. The molecule has 27 heavy (non-hydrogen) atoms. The molecule has 0 radical (unpaired) electrons. The summed E-state index contributed by atoms with van der Waals surface area (Å²) in [4.78, 5) is 9.97. The first-order valence-electron chi connectivity index (χ1n) is 8.66. The predicted molar refractivity (Wildman–Crippen MR) is 101 cm³/mol. The number of nitriles is 1.